The molecule has 0 bridgehead atoms. The van der Waals surface area contributed by atoms with Gasteiger partial charge < -0.3 is 14.2 Å². The van der Waals surface area contributed by atoms with Gasteiger partial charge in [0.05, 0.1) is 17.1 Å². The Balaban J connectivity index is 1.39. The summed E-state index contributed by atoms with van der Waals surface area (Å²) >= 11 is 1.46. The van der Waals surface area contributed by atoms with Crippen molar-refractivity contribution in [2.24, 2.45) is 11.8 Å². The second-order valence-electron chi connectivity index (χ2n) is 10.5. The molecule has 2 fully saturated rings. The maximum Gasteiger partial charge on any atom is 0.306 e. The fourth-order valence-electron chi connectivity index (χ4n) is 5.25. The molecule has 0 radical (unpaired) electrons. The van der Waals surface area contributed by atoms with Crippen LogP contribution in [0.15, 0.2) is 54.6 Å². The van der Waals surface area contributed by atoms with Crippen molar-refractivity contribution in [3.05, 3.63) is 59.5 Å². The third kappa shape index (κ3) is 8.08. The van der Waals surface area contributed by atoms with Gasteiger partial charge in [-0.25, -0.2) is 4.39 Å². The van der Waals surface area contributed by atoms with Gasteiger partial charge in [0.1, 0.15) is 6.17 Å². The molecule has 1 saturated heterocycles. The Bertz CT molecular complexity index is 1080. The number of fused-ring (bicyclic) bond motifs is 1. The largest absolute Gasteiger partial charge is 0.463 e. The first-order chi connectivity index (χ1) is 18.4. The van der Waals surface area contributed by atoms with E-state index in [9.17, 15) is 9.59 Å². The second kappa shape index (κ2) is 14.2. The zero-order valence-electron chi connectivity index (χ0n) is 22.4. The predicted octanol–water partition coefficient (Wildman–Crippen LogP) is 7.59. The molecule has 5 nitrogen and oxygen atoms in total. The highest BCUT2D eigenvalue weighted by molar-refractivity contribution is 7.21. The molecular weight excluding hydrogens is 503 g/mol. The normalized spacial score (nSPS) is 26.2. The first kappa shape index (κ1) is 28.7. The van der Waals surface area contributed by atoms with Gasteiger partial charge in [0.15, 0.2) is 12.1 Å². The molecule has 38 heavy (non-hydrogen) atoms. The molecule has 1 aliphatic heterocycles. The summed E-state index contributed by atoms with van der Waals surface area (Å²) < 4.78 is 33.6. The molecule has 1 aromatic heterocycles. The molecule has 7 heteroatoms. The number of ketones is 1. The van der Waals surface area contributed by atoms with Gasteiger partial charge in [-0.05, 0) is 81.9 Å². The lowest BCUT2D eigenvalue weighted by Gasteiger charge is -2.29. The van der Waals surface area contributed by atoms with Gasteiger partial charge in [0.25, 0.3) is 0 Å². The highest BCUT2D eigenvalue weighted by Gasteiger charge is 2.43. The summed E-state index contributed by atoms with van der Waals surface area (Å²) in [4.78, 5) is 25.3. The van der Waals surface area contributed by atoms with Crippen LogP contribution in [0.3, 0.4) is 0 Å². The fourth-order valence-corrected chi connectivity index (χ4v) is 6.24. The average Bonchev–Trinajstić information content (AvgIpc) is 3.45. The monoisotopic (exact) mass is 542 g/mol. The van der Waals surface area contributed by atoms with Gasteiger partial charge in [-0.1, -0.05) is 36.4 Å². The SMILES string of the molecule is CC(C)OC(=O)CCC/C=C\C[C@@H]1[C@@H](/C=C/C(=O)c2cc3ccccc3s2)[C@@H](F)C[C@@H]1OC1CCCCO1. The van der Waals surface area contributed by atoms with Crippen LogP contribution in [0.25, 0.3) is 10.1 Å². The molecular formula is C31H39FO5S. The van der Waals surface area contributed by atoms with Crippen molar-refractivity contribution in [3.63, 3.8) is 0 Å². The van der Waals surface area contributed by atoms with E-state index < -0.39 is 12.1 Å². The Morgan fingerprint density at radius 3 is 2.82 bits per heavy atom. The maximum absolute atomic E-state index is 15.3. The fraction of sp³-hybridized carbons (Fsp3) is 0.548. The number of carbonyl (C=O) groups excluding carboxylic acids is 2. The standard InChI is InChI=1S/C31H39FO5S/c1-21(2)36-30(34)14-6-4-3-5-12-24-23(25(32)20-27(24)37-31-15-9-10-18-35-31)16-17-26(33)29-19-22-11-7-8-13-28(22)38-29/h3,5,7-8,11,13,16-17,19,21,23-25,27,31H,4,6,9-10,12,14-15,18,20H2,1-2H3/b5-3-,17-16+/t23-,24-,25+,27+,31?/m1/s1. The molecule has 0 spiro atoms. The zero-order valence-corrected chi connectivity index (χ0v) is 23.2. The minimum absolute atomic E-state index is 0.0934. The summed E-state index contributed by atoms with van der Waals surface area (Å²) in [7, 11) is 0. The maximum atomic E-state index is 15.3. The van der Waals surface area contributed by atoms with Gasteiger partial charge >= 0.3 is 5.97 Å². The lowest BCUT2D eigenvalue weighted by molar-refractivity contribution is -0.195. The Hall–Kier alpha value is -2.35. The summed E-state index contributed by atoms with van der Waals surface area (Å²) in [5, 5.41) is 1.04. The lowest BCUT2D eigenvalue weighted by Crippen LogP contribution is -2.31. The number of allylic oxidation sites excluding steroid dienone is 4. The first-order valence-corrected chi connectivity index (χ1v) is 14.7. The van der Waals surface area contributed by atoms with Gasteiger partial charge in [-0.15, -0.1) is 11.3 Å². The van der Waals surface area contributed by atoms with Crippen LogP contribution in [0.5, 0.6) is 0 Å². The Labute approximate surface area is 229 Å². The molecule has 2 aliphatic rings. The molecule has 0 N–H and O–H groups in total. The highest BCUT2D eigenvalue weighted by Crippen LogP contribution is 2.41. The lowest BCUT2D eigenvalue weighted by atomic mass is 9.90. The topological polar surface area (TPSA) is 61.8 Å². The summed E-state index contributed by atoms with van der Waals surface area (Å²) in [6, 6.07) is 9.81. The van der Waals surface area contributed by atoms with Crippen molar-refractivity contribution in [1.82, 2.24) is 0 Å². The van der Waals surface area contributed by atoms with Crippen LogP contribution >= 0.6 is 11.3 Å². The van der Waals surface area contributed by atoms with Crippen LogP contribution in [0.4, 0.5) is 4.39 Å². The van der Waals surface area contributed by atoms with Crippen molar-refractivity contribution < 1.29 is 28.2 Å². The van der Waals surface area contributed by atoms with E-state index in [2.05, 4.69) is 6.08 Å². The molecule has 2 heterocycles. The van der Waals surface area contributed by atoms with E-state index in [4.69, 9.17) is 14.2 Å². The van der Waals surface area contributed by atoms with Crippen molar-refractivity contribution in [2.75, 3.05) is 6.61 Å². The number of esters is 1. The van der Waals surface area contributed by atoms with E-state index in [1.165, 1.54) is 11.3 Å². The highest BCUT2D eigenvalue weighted by atomic mass is 32.1. The van der Waals surface area contributed by atoms with Gasteiger partial charge in [0.2, 0.25) is 0 Å². The summed E-state index contributed by atoms with van der Waals surface area (Å²) in [5.41, 5.74) is 0. The number of thiophene rings is 1. The number of alkyl halides is 1. The van der Waals surface area contributed by atoms with Gasteiger partial charge in [-0.2, -0.15) is 0 Å². The smallest absolute Gasteiger partial charge is 0.306 e. The molecule has 206 valence electrons. The van der Waals surface area contributed by atoms with Crippen molar-refractivity contribution in [3.8, 4) is 0 Å². The van der Waals surface area contributed by atoms with Crippen LogP contribution in [-0.2, 0) is 19.0 Å². The molecule has 2 aromatic rings. The number of hydrogen-bond acceptors (Lipinski definition) is 6. The van der Waals surface area contributed by atoms with Crippen LogP contribution in [0.2, 0.25) is 0 Å². The van der Waals surface area contributed by atoms with Crippen LogP contribution in [-0.4, -0.2) is 43.0 Å². The number of halogens is 1. The summed E-state index contributed by atoms with van der Waals surface area (Å²) in [6.45, 7) is 4.36. The van der Waals surface area contributed by atoms with E-state index in [1.54, 1.807) is 12.2 Å². The van der Waals surface area contributed by atoms with Gasteiger partial charge in [0, 0.05) is 30.1 Å². The third-order valence-corrected chi connectivity index (χ3v) is 8.27. The summed E-state index contributed by atoms with van der Waals surface area (Å²) in [6.07, 6.45) is 11.3. The number of ether oxygens (including phenoxy) is 3. The molecule has 0 amide bonds. The number of unbranched alkanes of at least 4 members (excludes halogenated alkanes) is 1. The predicted molar refractivity (Wildman–Crippen MR) is 149 cm³/mol. The zero-order chi connectivity index (χ0) is 26.9. The van der Waals surface area contributed by atoms with E-state index in [1.807, 2.05) is 50.3 Å². The van der Waals surface area contributed by atoms with Crippen LogP contribution in [0.1, 0.15) is 74.9 Å². The molecule has 1 unspecified atom stereocenters. The third-order valence-electron chi connectivity index (χ3n) is 7.14. The van der Waals surface area contributed by atoms with Crippen LogP contribution in [0, 0.1) is 11.8 Å². The first-order valence-electron chi connectivity index (χ1n) is 13.9. The minimum atomic E-state index is -1.08. The van der Waals surface area contributed by atoms with Crippen molar-refractivity contribution in [1.29, 1.82) is 0 Å². The Kier molecular flexibility index (Phi) is 10.7. The quantitative estimate of drug-likeness (QED) is 0.0909. The van der Waals surface area contributed by atoms with Crippen molar-refractivity contribution in [2.45, 2.75) is 89.9 Å². The van der Waals surface area contributed by atoms with Crippen LogP contribution < -0.4 is 0 Å². The second-order valence-corrected chi connectivity index (χ2v) is 11.6. The minimum Gasteiger partial charge on any atom is -0.463 e. The summed E-state index contributed by atoms with van der Waals surface area (Å²) in [5.74, 6) is -0.781. The average molecular weight is 543 g/mol. The van der Waals surface area contributed by atoms with Gasteiger partial charge in [-0.3, -0.25) is 9.59 Å². The number of benzene rings is 1. The Morgan fingerprint density at radius 2 is 2.05 bits per heavy atom. The Morgan fingerprint density at radius 1 is 1.21 bits per heavy atom. The van der Waals surface area contributed by atoms with E-state index in [0.29, 0.717) is 37.2 Å². The number of rotatable bonds is 12. The van der Waals surface area contributed by atoms with E-state index >= 15 is 4.39 Å². The number of carbonyl (C=O) groups is 2. The molecule has 1 saturated carbocycles. The van der Waals surface area contributed by atoms with Crippen molar-refractivity contribution >= 4 is 33.2 Å². The molecule has 5 atom stereocenters. The molecule has 1 aliphatic carbocycles. The van der Waals surface area contributed by atoms with E-state index in [0.717, 1.165) is 35.8 Å². The molecule has 1 aromatic carbocycles. The number of hydrogen-bond donors (Lipinski definition) is 0. The molecule has 4 rings (SSSR count). The van der Waals surface area contributed by atoms with E-state index in [-0.39, 0.29) is 36.2 Å².